The Bertz CT molecular complexity index is 3800. The lowest BCUT2D eigenvalue weighted by Gasteiger charge is -2.36. The van der Waals surface area contributed by atoms with Crippen molar-refractivity contribution in [3.8, 4) is 0 Å². The highest BCUT2D eigenvalue weighted by atomic mass is 16.4. The van der Waals surface area contributed by atoms with Gasteiger partial charge >= 0.3 is 17.9 Å². The van der Waals surface area contributed by atoms with Crippen molar-refractivity contribution in [1.29, 1.82) is 0 Å². The SMILES string of the molecule is Cc1ccccc1C(=O)Nc1cnc(N2CCC(CCN3CCCCC3)CC2)c(C(=O)O)c1.Cc1ccccc1C(=O)Nc1cnc(N2CCC(CN3CCCC3)CC2)c(C(=O)O)c1.Cc1ccccc1C(=O)Nc1cnc(N2CCN(c3ccccn3)CC2)c(C(=O)O)c1. The molecule has 12 rings (SSSR count). The normalized spacial score (nSPS) is 16.4. The van der Waals surface area contributed by atoms with Crippen molar-refractivity contribution < 1.29 is 44.1 Å². The average Bonchev–Trinajstić information content (AvgIpc) is 1.48. The van der Waals surface area contributed by atoms with Gasteiger partial charge < -0.3 is 60.7 Å². The first-order valence-electron chi connectivity index (χ1n) is 33.2. The highest BCUT2D eigenvalue weighted by Gasteiger charge is 2.30. The number of nitrogens with one attached hydrogen (secondary N) is 3. The van der Waals surface area contributed by atoms with Crippen LogP contribution in [0, 0.1) is 32.6 Å². The number of benzene rings is 3. The number of aryl methyl sites for hydroxylation is 3. The van der Waals surface area contributed by atoms with Gasteiger partial charge in [-0.1, -0.05) is 67.1 Å². The molecule has 5 aliphatic rings. The molecule has 5 aliphatic heterocycles. The van der Waals surface area contributed by atoms with E-state index in [-0.39, 0.29) is 34.4 Å². The molecule has 3 aromatic carbocycles. The topological polar surface area (TPSA) is 270 Å². The van der Waals surface area contributed by atoms with Gasteiger partial charge in [-0.05, 0) is 188 Å². The maximum atomic E-state index is 12.6. The van der Waals surface area contributed by atoms with Crippen LogP contribution in [0.5, 0.6) is 0 Å². The Morgan fingerprint density at radius 3 is 1.15 bits per heavy atom. The number of piperidine rings is 3. The summed E-state index contributed by atoms with van der Waals surface area (Å²) in [5.74, 6) is -0.351. The summed E-state index contributed by atoms with van der Waals surface area (Å²) in [6.07, 6.45) is 18.4. The number of amides is 3. The largest absolute Gasteiger partial charge is 0.478 e. The molecule has 22 nitrogen and oxygen atoms in total. The Labute approximate surface area is 555 Å². The maximum absolute atomic E-state index is 12.6. The second-order valence-corrected chi connectivity index (χ2v) is 25.2. The average molecular weight is 1290 g/mol. The summed E-state index contributed by atoms with van der Waals surface area (Å²) in [7, 11) is 0. The number of nitrogens with zero attached hydrogens (tertiary/aromatic N) is 10. The van der Waals surface area contributed by atoms with Gasteiger partial charge in [-0.3, -0.25) is 14.4 Å². The van der Waals surface area contributed by atoms with Crippen LogP contribution in [0.3, 0.4) is 0 Å². The zero-order valence-electron chi connectivity index (χ0n) is 54.6. The number of hydrogen-bond donors (Lipinski definition) is 6. The zero-order valence-corrected chi connectivity index (χ0v) is 54.6. The monoisotopic (exact) mass is 1290 g/mol. The summed E-state index contributed by atoms with van der Waals surface area (Å²) in [6, 6.07) is 32.1. The Morgan fingerprint density at radius 1 is 0.400 bits per heavy atom. The maximum Gasteiger partial charge on any atom is 0.339 e. The van der Waals surface area contributed by atoms with Gasteiger partial charge in [-0.15, -0.1) is 0 Å². The highest BCUT2D eigenvalue weighted by molar-refractivity contribution is 6.08. The van der Waals surface area contributed by atoms with Crippen LogP contribution in [0.1, 0.15) is 143 Å². The third-order valence-corrected chi connectivity index (χ3v) is 18.6. The fourth-order valence-electron chi connectivity index (χ4n) is 13.2. The summed E-state index contributed by atoms with van der Waals surface area (Å²) in [5.41, 5.74) is 5.66. The summed E-state index contributed by atoms with van der Waals surface area (Å²) in [6.45, 7) is 18.7. The molecule has 0 saturated carbocycles. The van der Waals surface area contributed by atoms with E-state index < -0.39 is 17.9 Å². The number of anilines is 7. The molecular formula is C73H87N13O9. The number of piperazine rings is 1. The molecule has 498 valence electrons. The first-order valence-corrected chi connectivity index (χ1v) is 33.2. The molecule has 4 aromatic heterocycles. The predicted octanol–water partition coefficient (Wildman–Crippen LogP) is 11.1. The Hall–Kier alpha value is -9.80. The first-order chi connectivity index (χ1) is 46.0. The van der Waals surface area contributed by atoms with Crippen molar-refractivity contribution in [2.45, 2.75) is 85.0 Å². The van der Waals surface area contributed by atoms with E-state index in [0.29, 0.717) is 89.2 Å². The van der Waals surface area contributed by atoms with Crippen LogP contribution in [-0.4, -0.2) is 172 Å². The minimum Gasteiger partial charge on any atom is -0.478 e. The van der Waals surface area contributed by atoms with E-state index in [2.05, 4.69) is 60.4 Å². The second-order valence-electron chi connectivity index (χ2n) is 25.2. The Balaban J connectivity index is 0.000000155. The number of pyridine rings is 4. The lowest BCUT2D eigenvalue weighted by Crippen LogP contribution is -2.47. The molecule has 22 heteroatoms. The number of aromatic nitrogens is 4. The number of carboxylic acid groups (broad SMARTS) is 3. The van der Waals surface area contributed by atoms with E-state index in [0.717, 1.165) is 80.9 Å². The van der Waals surface area contributed by atoms with Gasteiger partial charge in [0.05, 0.1) is 35.7 Å². The molecule has 6 N–H and O–H groups in total. The van der Waals surface area contributed by atoms with Crippen molar-refractivity contribution in [3.05, 3.63) is 184 Å². The summed E-state index contributed by atoms with van der Waals surface area (Å²) >= 11 is 0. The van der Waals surface area contributed by atoms with E-state index in [9.17, 15) is 44.1 Å². The van der Waals surface area contributed by atoms with E-state index in [4.69, 9.17) is 0 Å². The van der Waals surface area contributed by atoms with E-state index in [1.54, 1.807) is 48.9 Å². The lowest BCUT2D eigenvalue weighted by molar-refractivity contribution is 0.0686. The molecule has 0 aliphatic carbocycles. The molecule has 9 heterocycles. The van der Waals surface area contributed by atoms with Crippen molar-refractivity contribution in [1.82, 2.24) is 29.7 Å². The van der Waals surface area contributed by atoms with Crippen molar-refractivity contribution in [3.63, 3.8) is 0 Å². The van der Waals surface area contributed by atoms with Gasteiger partial charge in [0.1, 0.15) is 40.0 Å². The third kappa shape index (κ3) is 18.3. The number of likely N-dealkylation sites (tertiary alicyclic amines) is 2. The summed E-state index contributed by atoms with van der Waals surface area (Å²) in [4.78, 5) is 105. The number of carbonyl (C=O) groups excluding carboxylic acids is 3. The van der Waals surface area contributed by atoms with Gasteiger partial charge in [-0.25, -0.2) is 34.3 Å². The standard InChI is InChI=1S/C26H34N4O3.C24H30N4O3.C23H23N5O3/c1-19-7-3-4-8-22(19)25(31)28-21-17-23(26(32)33)24(27-18-21)30-15-10-20(11-16-30)9-14-29-12-5-2-6-13-29;1-17-6-2-3-7-20(17)23(29)26-19-14-21(24(30)31)22(25-15-19)28-12-8-18(9-13-28)16-27-10-4-5-11-27;1-16-6-2-3-7-18(16)22(29)26-17-14-19(23(30)31)21(25-15-17)28-12-10-27(11-13-28)20-8-4-5-9-24-20/h3-4,7-8,17-18,20H,2,5-6,9-16H2,1H3,(H,28,31)(H,32,33);2-3,6-7,14-15,18H,4-5,8-13,16H2,1H3,(H,26,29)(H,30,31);2-9,14-15H,10-13H2,1H3,(H,26,29)(H,30,31). The molecule has 0 spiro atoms. The molecular weight excluding hydrogens is 1200 g/mol. The van der Waals surface area contributed by atoms with Crippen LogP contribution >= 0.6 is 0 Å². The number of carbonyl (C=O) groups is 6. The lowest BCUT2D eigenvalue weighted by atomic mass is 9.92. The molecule has 0 bridgehead atoms. The van der Waals surface area contributed by atoms with E-state index in [1.807, 2.05) is 86.3 Å². The number of aromatic carboxylic acids is 3. The Morgan fingerprint density at radius 2 is 0.758 bits per heavy atom. The zero-order chi connectivity index (χ0) is 66.8. The molecule has 5 saturated heterocycles. The first kappa shape index (κ1) is 68.1. The third-order valence-electron chi connectivity index (χ3n) is 18.6. The molecule has 0 unspecified atom stereocenters. The number of rotatable bonds is 18. The van der Waals surface area contributed by atoms with Gasteiger partial charge in [0.2, 0.25) is 0 Å². The molecule has 5 fully saturated rings. The van der Waals surface area contributed by atoms with Crippen LogP contribution in [-0.2, 0) is 0 Å². The van der Waals surface area contributed by atoms with Crippen molar-refractivity contribution in [2.75, 3.05) is 127 Å². The van der Waals surface area contributed by atoms with Gasteiger partial charge in [0, 0.05) is 81.8 Å². The summed E-state index contributed by atoms with van der Waals surface area (Å²) in [5, 5.41) is 37.7. The predicted molar refractivity (Wildman–Crippen MR) is 370 cm³/mol. The fourth-order valence-corrected chi connectivity index (χ4v) is 13.2. The minimum atomic E-state index is -1.08. The quantitative estimate of drug-likeness (QED) is 0.0466. The van der Waals surface area contributed by atoms with Crippen LogP contribution in [0.2, 0.25) is 0 Å². The van der Waals surface area contributed by atoms with Crippen LogP contribution in [0.15, 0.2) is 134 Å². The molecule has 7 aromatic rings. The number of carboxylic acids is 3. The highest BCUT2D eigenvalue weighted by Crippen LogP contribution is 2.32. The fraction of sp³-hybridized carbons (Fsp3) is 0.397. The van der Waals surface area contributed by atoms with Crippen LogP contribution < -0.4 is 35.6 Å². The molecule has 0 radical (unpaired) electrons. The smallest absolute Gasteiger partial charge is 0.339 e. The van der Waals surface area contributed by atoms with E-state index in [1.165, 1.54) is 95.6 Å². The van der Waals surface area contributed by atoms with Gasteiger partial charge in [0.15, 0.2) is 0 Å². The van der Waals surface area contributed by atoms with E-state index >= 15 is 0 Å². The molecule has 0 atom stereocenters. The Kier molecular flexibility index (Phi) is 23.5. The number of hydrogen-bond acceptors (Lipinski definition) is 16. The second kappa shape index (κ2) is 32.9. The van der Waals surface area contributed by atoms with Crippen LogP contribution in [0.25, 0.3) is 0 Å². The molecule has 95 heavy (non-hydrogen) atoms. The minimum absolute atomic E-state index is 0.0638. The van der Waals surface area contributed by atoms with Crippen molar-refractivity contribution >= 4 is 76.0 Å². The van der Waals surface area contributed by atoms with Gasteiger partial charge in [-0.2, -0.15) is 0 Å². The van der Waals surface area contributed by atoms with Crippen LogP contribution in [0.4, 0.5) is 40.3 Å². The van der Waals surface area contributed by atoms with Crippen molar-refractivity contribution in [2.24, 2.45) is 11.8 Å². The molecule has 3 amide bonds. The summed E-state index contributed by atoms with van der Waals surface area (Å²) < 4.78 is 0. The van der Waals surface area contributed by atoms with Gasteiger partial charge in [0.25, 0.3) is 17.7 Å².